The Labute approximate surface area is 138 Å². The van der Waals surface area contributed by atoms with E-state index in [0.717, 1.165) is 8.95 Å². The molecule has 0 N–H and O–H groups in total. The molecule has 0 heterocycles. The molecule has 0 fully saturated rings. The average molecular weight is 422 g/mol. The zero-order valence-corrected chi connectivity index (χ0v) is 13.8. The summed E-state index contributed by atoms with van der Waals surface area (Å²) < 4.78 is 24.8. The van der Waals surface area contributed by atoms with Crippen molar-refractivity contribution in [1.29, 1.82) is 0 Å². The normalized spacial score (nSPS) is 6.95. The minimum Gasteiger partial charge on any atom is 0 e. The molecule has 2 aromatic rings. The van der Waals surface area contributed by atoms with Crippen LogP contribution in [0.1, 0.15) is 0 Å². The van der Waals surface area contributed by atoms with Crippen LogP contribution in [0.25, 0.3) is 10.8 Å². The van der Waals surface area contributed by atoms with Gasteiger partial charge in [-0.05, 0) is 22.9 Å². The fourth-order valence-corrected chi connectivity index (χ4v) is 2.18. The molecule has 0 saturated heterocycles. The Morgan fingerprint density at radius 1 is 0.632 bits per heavy atom. The summed E-state index contributed by atoms with van der Waals surface area (Å²) >= 11 is 7.02. The first kappa shape index (κ1) is 23.5. The fraction of sp³-hybridized carbons (Fsp3) is 0. The van der Waals surface area contributed by atoms with Crippen molar-refractivity contribution in [1.82, 2.24) is 0 Å². The summed E-state index contributed by atoms with van der Waals surface area (Å²) in [6.45, 7) is 13.5. The van der Waals surface area contributed by atoms with E-state index in [0.29, 0.717) is 0 Å². The third-order valence-electron chi connectivity index (χ3n) is 1.82. The van der Waals surface area contributed by atoms with Gasteiger partial charge < -0.3 is 0 Å². The molecule has 0 saturated carbocycles. The van der Waals surface area contributed by atoms with Gasteiger partial charge in [-0.1, -0.05) is 56.1 Å². The third kappa shape index (κ3) is 7.55. The quantitative estimate of drug-likeness (QED) is 0.451. The van der Waals surface area contributed by atoms with E-state index < -0.39 is 0 Å². The molecule has 0 atom stereocenters. The number of hydrogen-bond donors (Lipinski definition) is 0. The van der Waals surface area contributed by atoms with Gasteiger partial charge in [-0.25, -0.2) is 0 Å². The predicted octanol–water partition coefficient (Wildman–Crippen LogP) is 4.25. The Hall–Kier alpha value is -0.588. The maximum absolute atomic E-state index is 7.50. The van der Waals surface area contributed by atoms with Crippen LogP contribution in [0.2, 0.25) is 0 Å². The average Bonchev–Trinajstić information content (AvgIpc) is 2.50. The van der Waals surface area contributed by atoms with Crippen molar-refractivity contribution in [3.05, 3.63) is 65.3 Å². The van der Waals surface area contributed by atoms with Crippen molar-refractivity contribution in [2.24, 2.45) is 0 Å². The van der Waals surface area contributed by atoms with Crippen molar-refractivity contribution in [2.75, 3.05) is 0 Å². The topological polar surface area (TPSA) is 59.7 Å². The summed E-state index contributed by atoms with van der Waals surface area (Å²) in [5.41, 5.74) is 0. The second-order valence-electron chi connectivity index (χ2n) is 2.57. The van der Waals surface area contributed by atoms with Crippen molar-refractivity contribution >= 4 is 42.6 Å². The molecule has 0 amide bonds. The van der Waals surface area contributed by atoms with Crippen LogP contribution in [0.4, 0.5) is 0 Å². The van der Waals surface area contributed by atoms with Crippen LogP contribution in [0.3, 0.4) is 0 Å². The first-order valence-electron chi connectivity index (χ1n) is 4.23. The molecule has 6 heteroatoms. The van der Waals surface area contributed by atoms with Gasteiger partial charge in [0.05, 0.1) is 0 Å². The van der Waals surface area contributed by atoms with Crippen molar-refractivity contribution in [2.45, 2.75) is 0 Å². The number of halogens is 2. The summed E-state index contributed by atoms with van der Waals surface area (Å²) in [6.07, 6.45) is 0. The Balaban J connectivity index is -0.000000325. The zero-order chi connectivity index (χ0) is 14.6. The standard InChI is InChI=1S/C10H6Br2.3CO.Cr/c11-9-5-6-10(12)8-4-2-1-3-7(8)9;3*1-2;/h1-6H;;;;. The molecule has 19 heavy (non-hydrogen) atoms. The summed E-state index contributed by atoms with van der Waals surface area (Å²) in [5.74, 6) is 0. The van der Waals surface area contributed by atoms with Gasteiger partial charge in [0.25, 0.3) is 0 Å². The van der Waals surface area contributed by atoms with Crippen LogP contribution >= 0.6 is 31.9 Å². The van der Waals surface area contributed by atoms with E-state index in [9.17, 15) is 0 Å². The summed E-state index contributed by atoms with van der Waals surface area (Å²) in [7, 11) is 0. The second kappa shape index (κ2) is 15.5. The molecule has 96 valence electrons. The van der Waals surface area contributed by atoms with E-state index in [1.807, 2.05) is 24.3 Å². The molecule has 3 nitrogen and oxygen atoms in total. The largest absolute Gasteiger partial charge is 0 e. The predicted molar refractivity (Wildman–Crippen MR) is 71.1 cm³/mol. The molecule has 2 rings (SSSR count). The summed E-state index contributed by atoms with van der Waals surface area (Å²) in [5, 5.41) is 2.48. The van der Waals surface area contributed by atoms with Crippen LogP contribution in [0.5, 0.6) is 0 Å². The summed E-state index contributed by atoms with van der Waals surface area (Å²) in [4.78, 5) is 0. The summed E-state index contributed by atoms with van der Waals surface area (Å²) in [6, 6.07) is 12.4. The van der Waals surface area contributed by atoms with Gasteiger partial charge >= 0.3 is 33.9 Å². The molecule has 0 aliphatic rings. The van der Waals surface area contributed by atoms with E-state index in [-0.39, 0.29) is 17.4 Å². The Kier molecular flexibility index (Phi) is 19.1. The van der Waals surface area contributed by atoms with E-state index >= 15 is 0 Å². The van der Waals surface area contributed by atoms with Gasteiger partial charge in [-0.3, -0.25) is 0 Å². The van der Waals surface area contributed by atoms with Gasteiger partial charge in [-0.2, -0.15) is 0 Å². The molecule has 0 radical (unpaired) electrons. The Morgan fingerprint density at radius 3 is 1.16 bits per heavy atom. The van der Waals surface area contributed by atoms with Crippen molar-refractivity contribution in [3.63, 3.8) is 0 Å². The molecule has 0 unspecified atom stereocenters. The third-order valence-corrected chi connectivity index (χ3v) is 3.20. The molecule has 2 aromatic carbocycles. The molecular formula is C13H6Br2CrO3. The van der Waals surface area contributed by atoms with E-state index in [1.165, 1.54) is 10.8 Å². The zero-order valence-electron chi connectivity index (χ0n) is 9.35. The molecule has 0 aliphatic heterocycles. The molecule has 0 aliphatic carbocycles. The fourth-order valence-electron chi connectivity index (χ4n) is 1.23. The minimum absolute atomic E-state index is 0. The van der Waals surface area contributed by atoms with Crippen LogP contribution < -0.4 is 0 Å². The van der Waals surface area contributed by atoms with E-state index in [2.05, 4.69) is 63.9 Å². The van der Waals surface area contributed by atoms with Gasteiger partial charge in [0.15, 0.2) is 0 Å². The van der Waals surface area contributed by atoms with Gasteiger partial charge in [0.2, 0.25) is 0 Å². The first-order chi connectivity index (χ1) is 8.79. The van der Waals surface area contributed by atoms with Crippen LogP contribution in [0, 0.1) is 20.0 Å². The van der Waals surface area contributed by atoms with Crippen molar-refractivity contribution < 1.29 is 31.3 Å². The molecule has 0 bridgehead atoms. The molecular weight excluding hydrogens is 416 g/mol. The first-order valence-corrected chi connectivity index (χ1v) is 5.81. The number of benzene rings is 2. The maximum Gasteiger partial charge on any atom is 0 e. The SMILES string of the molecule is Brc1ccc(Br)c2ccccc12.[C-]#[O+].[C-]#[O+].[C-]#[O+].[Cr]. The molecule has 0 spiro atoms. The number of hydrogen-bond acceptors (Lipinski definition) is 0. The monoisotopic (exact) mass is 420 g/mol. The van der Waals surface area contributed by atoms with E-state index in [4.69, 9.17) is 14.0 Å². The second-order valence-corrected chi connectivity index (χ2v) is 4.28. The Bertz CT molecular complexity index is 496. The molecule has 0 aromatic heterocycles. The van der Waals surface area contributed by atoms with Gasteiger partial charge in [0.1, 0.15) is 0 Å². The number of fused-ring (bicyclic) bond motifs is 1. The number of rotatable bonds is 0. The van der Waals surface area contributed by atoms with Crippen LogP contribution in [0.15, 0.2) is 45.3 Å². The van der Waals surface area contributed by atoms with Crippen LogP contribution in [-0.4, -0.2) is 0 Å². The van der Waals surface area contributed by atoms with Gasteiger partial charge in [0, 0.05) is 26.3 Å². The van der Waals surface area contributed by atoms with Crippen molar-refractivity contribution in [3.8, 4) is 0 Å². The minimum atomic E-state index is 0. The van der Waals surface area contributed by atoms with Crippen LogP contribution in [-0.2, 0) is 31.3 Å². The maximum atomic E-state index is 7.50. The smallest absolute Gasteiger partial charge is 0 e. The van der Waals surface area contributed by atoms with E-state index in [1.54, 1.807) is 0 Å². The van der Waals surface area contributed by atoms with Gasteiger partial charge in [-0.15, -0.1) is 0 Å². The Morgan fingerprint density at radius 2 is 0.895 bits per heavy atom.